The third kappa shape index (κ3) is 4.60. The van der Waals surface area contributed by atoms with Gasteiger partial charge in [-0.2, -0.15) is 0 Å². The van der Waals surface area contributed by atoms with Crippen LogP contribution in [0.15, 0.2) is 51.9 Å². The Bertz CT molecular complexity index is 609. The first kappa shape index (κ1) is 15.6. The van der Waals surface area contributed by atoms with Crippen molar-refractivity contribution in [1.82, 2.24) is 0 Å². The molecular formula is C17H18BrNO2. The van der Waals surface area contributed by atoms with Crippen LogP contribution in [0.2, 0.25) is 0 Å². The van der Waals surface area contributed by atoms with Gasteiger partial charge >= 0.3 is 0 Å². The molecule has 2 rings (SSSR count). The number of hydrogen-bond donors (Lipinski definition) is 0. The number of ether oxygens (including phenoxy) is 2. The molecule has 0 aliphatic carbocycles. The lowest BCUT2D eigenvalue weighted by Gasteiger charge is -2.07. The van der Waals surface area contributed by atoms with E-state index in [1.54, 1.807) is 0 Å². The van der Waals surface area contributed by atoms with Crippen molar-refractivity contribution >= 4 is 27.8 Å². The van der Waals surface area contributed by atoms with Crippen molar-refractivity contribution in [2.75, 3.05) is 13.2 Å². The van der Waals surface area contributed by atoms with E-state index >= 15 is 0 Å². The average molecular weight is 348 g/mol. The third-order valence-electron chi connectivity index (χ3n) is 2.77. The minimum Gasteiger partial charge on any atom is -0.494 e. The minimum atomic E-state index is 0.630. The van der Waals surface area contributed by atoms with Gasteiger partial charge in [0.2, 0.25) is 0 Å². The number of hydrogen-bond acceptors (Lipinski definition) is 3. The fourth-order valence-electron chi connectivity index (χ4n) is 1.85. The summed E-state index contributed by atoms with van der Waals surface area (Å²) in [6.07, 6.45) is 1.81. The molecule has 0 aliphatic heterocycles. The molecule has 2 aromatic carbocycles. The first-order chi connectivity index (χ1) is 10.2. The molecule has 0 amide bonds. The first-order valence-electron chi connectivity index (χ1n) is 6.92. The molecular weight excluding hydrogens is 330 g/mol. The molecule has 2 aromatic rings. The summed E-state index contributed by atoms with van der Waals surface area (Å²) in [5.74, 6) is 1.68. The molecule has 0 saturated carbocycles. The van der Waals surface area contributed by atoms with Gasteiger partial charge in [-0.15, -0.1) is 0 Å². The van der Waals surface area contributed by atoms with Gasteiger partial charge < -0.3 is 9.47 Å². The fraction of sp³-hybridized carbons (Fsp3) is 0.235. The number of halogens is 1. The second-order valence-electron chi connectivity index (χ2n) is 4.30. The standard InChI is InChI=1S/C17H18BrNO2/c1-3-20-16-8-6-15(7-9-16)19-12-13-11-14(18)5-10-17(13)21-4-2/h5-12H,3-4H2,1-2H3. The predicted octanol–water partition coefficient (Wildman–Crippen LogP) is 5.00. The molecule has 0 atom stereocenters. The number of rotatable bonds is 6. The van der Waals surface area contributed by atoms with Crippen LogP contribution in [0.5, 0.6) is 11.5 Å². The Kier molecular flexibility index (Phi) is 5.81. The molecule has 0 saturated heterocycles. The SMILES string of the molecule is CCOc1ccc(N=Cc2cc(Br)ccc2OCC)cc1. The van der Waals surface area contributed by atoms with E-state index in [1.807, 2.05) is 62.5 Å². The summed E-state index contributed by atoms with van der Waals surface area (Å²) in [6, 6.07) is 13.6. The van der Waals surface area contributed by atoms with Gasteiger partial charge in [0.25, 0.3) is 0 Å². The second-order valence-corrected chi connectivity index (χ2v) is 5.22. The summed E-state index contributed by atoms with van der Waals surface area (Å²) >= 11 is 3.47. The van der Waals surface area contributed by atoms with E-state index in [2.05, 4.69) is 20.9 Å². The van der Waals surface area contributed by atoms with Crippen molar-refractivity contribution in [1.29, 1.82) is 0 Å². The van der Waals surface area contributed by atoms with Gasteiger partial charge in [0.05, 0.1) is 18.9 Å². The number of benzene rings is 2. The summed E-state index contributed by atoms with van der Waals surface area (Å²) in [6.45, 7) is 5.23. The molecule has 0 radical (unpaired) electrons. The maximum Gasteiger partial charge on any atom is 0.128 e. The zero-order chi connectivity index (χ0) is 15.1. The van der Waals surface area contributed by atoms with Crippen LogP contribution in [-0.4, -0.2) is 19.4 Å². The van der Waals surface area contributed by atoms with Crippen molar-refractivity contribution in [3.63, 3.8) is 0 Å². The summed E-state index contributed by atoms with van der Waals surface area (Å²) in [5, 5.41) is 0. The Hall–Kier alpha value is -1.81. The normalized spacial score (nSPS) is 10.8. The molecule has 0 bridgehead atoms. The molecule has 0 heterocycles. The lowest BCUT2D eigenvalue weighted by molar-refractivity contribution is 0.339. The van der Waals surface area contributed by atoms with Crippen molar-refractivity contribution in [2.24, 2.45) is 4.99 Å². The summed E-state index contributed by atoms with van der Waals surface area (Å²) in [5.41, 5.74) is 1.82. The van der Waals surface area contributed by atoms with Crippen molar-refractivity contribution < 1.29 is 9.47 Å². The van der Waals surface area contributed by atoms with E-state index in [9.17, 15) is 0 Å². The smallest absolute Gasteiger partial charge is 0.128 e. The summed E-state index contributed by atoms with van der Waals surface area (Å²) in [4.78, 5) is 4.48. The largest absolute Gasteiger partial charge is 0.494 e. The van der Waals surface area contributed by atoms with Gasteiger partial charge in [-0.05, 0) is 56.3 Å². The van der Waals surface area contributed by atoms with Crippen molar-refractivity contribution in [3.05, 3.63) is 52.5 Å². The monoisotopic (exact) mass is 347 g/mol. The second kappa shape index (κ2) is 7.84. The Balaban J connectivity index is 2.18. The van der Waals surface area contributed by atoms with Gasteiger partial charge in [0.15, 0.2) is 0 Å². The molecule has 3 nitrogen and oxygen atoms in total. The van der Waals surface area contributed by atoms with E-state index in [1.165, 1.54) is 0 Å². The number of aliphatic imine (C=N–C) groups is 1. The maximum atomic E-state index is 5.60. The topological polar surface area (TPSA) is 30.8 Å². The van der Waals surface area contributed by atoms with Crippen molar-refractivity contribution in [2.45, 2.75) is 13.8 Å². The van der Waals surface area contributed by atoms with E-state index in [0.29, 0.717) is 13.2 Å². The molecule has 0 aliphatic rings. The Morgan fingerprint density at radius 2 is 1.71 bits per heavy atom. The van der Waals surface area contributed by atoms with Crippen LogP contribution in [0, 0.1) is 0 Å². The average Bonchev–Trinajstić information content (AvgIpc) is 2.49. The van der Waals surface area contributed by atoms with Crippen LogP contribution in [0.3, 0.4) is 0 Å². The predicted molar refractivity (Wildman–Crippen MR) is 90.2 cm³/mol. The molecule has 0 aromatic heterocycles. The molecule has 4 heteroatoms. The third-order valence-corrected chi connectivity index (χ3v) is 3.27. The fourth-order valence-corrected chi connectivity index (χ4v) is 2.23. The van der Waals surface area contributed by atoms with Crippen LogP contribution in [0.1, 0.15) is 19.4 Å². The van der Waals surface area contributed by atoms with E-state index < -0.39 is 0 Å². The Labute approximate surface area is 133 Å². The van der Waals surface area contributed by atoms with Crippen molar-refractivity contribution in [3.8, 4) is 11.5 Å². The molecule has 21 heavy (non-hydrogen) atoms. The molecule has 110 valence electrons. The minimum absolute atomic E-state index is 0.630. The molecule has 0 unspecified atom stereocenters. The highest BCUT2D eigenvalue weighted by Gasteiger charge is 2.02. The van der Waals surface area contributed by atoms with E-state index in [-0.39, 0.29) is 0 Å². The highest BCUT2D eigenvalue weighted by molar-refractivity contribution is 9.10. The van der Waals surface area contributed by atoms with Gasteiger partial charge in [-0.3, -0.25) is 4.99 Å². The Morgan fingerprint density at radius 3 is 2.38 bits per heavy atom. The van der Waals surface area contributed by atoms with Crippen LogP contribution in [-0.2, 0) is 0 Å². The molecule has 0 spiro atoms. The van der Waals surface area contributed by atoms with Crippen LogP contribution in [0.4, 0.5) is 5.69 Å². The van der Waals surface area contributed by atoms with Gasteiger partial charge in [-0.1, -0.05) is 15.9 Å². The number of nitrogens with zero attached hydrogens (tertiary/aromatic N) is 1. The zero-order valence-electron chi connectivity index (χ0n) is 12.2. The lowest BCUT2D eigenvalue weighted by Crippen LogP contribution is -1.95. The lowest BCUT2D eigenvalue weighted by atomic mass is 10.2. The van der Waals surface area contributed by atoms with E-state index in [0.717, 1.165) is 27.2 Å². The Morgan fingerprint density at radius 1 is 1.00 bits per heavy atom. The molecule has 0 fully saturated rings. The maximum absolute atomic E-state index is 5.60. The quantitative estimate of drug-likeness (QED) is 0.688. The van der Waals surface area contributed by atoms with Gasteiger partial charge in [0.1, 0.15) is 11.5 Å². The summed E-state index contributed by atoms with van der Waals surface area (Å²) in [7, 11) is 0. The highest BCUT2D eigenvalue weighted by Crippen LogP contribution is 2.23. The van der Waals surface area contributed by atoms with Crippen LogP contribution < -0.4 is 9.47 Å². The van der Waals surface area contributed by atoms with Gasteiger partial charge in [0, 0.05) is 16.3 Å². The summed E-state index contributed by atoms with van der Waals surface area (Å²) < 4.78 is 12.0. The molecule has 0 N–H and O–H groups in total. The highest BCUT2D eigenvalue weighted by atomic mass is 79.9. The van der Waals surface area contributed by atoms with E-state index in [4.69, 9.17) is 9.47 Å². The first-order valence-corrected chi connectivity index (χ1v) is 7.71. The van der Waals surface area contributed by atoms with Crippen LogP contribution >= 0.6 is 15.9 Å². The zero-order valence-corrected chi connectivity index (χ0v) is 13.8. The van der Waals surface area contributed by atoms with Crippen LogP contribution in [0.25, 0.3) is 0 Å². The van der Waals surface area contributed by atoms with Gasteiger partial charge in [-0.25, -0.2) is 0 Å².